The van der Waals surface area contributed by atoms with Crippen LogP contribution in [0.15, 0.2) is 30.3 Å². The predicted molar refractivity (Wildman–Crippen MR) is 61.1 cm³/mol. The lowest BCUT2D eigenvalue weighted by molar-refractivity contribution is 0.117. The van der Waals surface area contributed by atoms with E-state index in [2.05, 4.69) is 5.32 Å². The van der Waals surface area contributed by atoms with E-state index in [9.17, 15) is 5.11 Å². The fraction of sp³-hybridized carbons (Fsp3) is 0.500. The lowest BCUT2D eigenvalue weighted by atomic mass is 10.1. The molecular formula is C12H19NO2. The zero-order chi connectivity index (χ0) is 11.1. The third-order valence-electron chi connectivity index (χ3n) is 2.25. The molecule has 3 heteroatoms. The standard InChI is InChI=1S/C12H19NO2/c1-3-13-12(2,9-14)10-15-11-7-5-4-6-8-11/h4-8,13-14H,3,9-10H2,1-2H3. The van der Waals surface area contributed by atoms with Gasteiger partial charge in [0.2, 0.25) is 0 Å². The third-order valence-corrected chi connectivity index (χ3v) is 2.25. The highest BCUT2D eigenvalue weighted by Gasteiger charge is 2.22. The number of likely N-dealkylation sites (N-methyl/N-ethyl adjacent to an activating group) is 1. The first-order chi connectivity index (χ1) is 7.20. The van der Waals surface area contributed by atoms with Gasteiger partial charge in [-0.1, -0.05) is 25.1 Å². The van der Waals surface area contributed by atoms with Gasteiger partial charge >= 0.3 is 0 Å². The molecule has 0 bridgehead atoms. The summed E-state index contributed by atoms with van der Waals surface area (Å²) in [6.07, 6.45) is 0. The molecule has 0 saturated carbocycles. The molecule has 0 amide bonds. The highest BCUT2D eigenvalue weighted by atomic mass is 16.5. The van der Waals surface area contributed by atoms with Crippen molar-refractivity contribution in [3.05, 3.63) is 30.3 Å². The first-order valence-corrected chi connectivity index (χ1v) is 5.24. The van der Waals surface area contributed by atoms with Crippen LogP contribution in [0.2, 0.25) is 0 Å². The minimum atomic E-state index is -0.370. The maximum Gasteiger partial charge on any atom is 0.119 e. The second kappa shape index (κ2) is 5.73. The van der Waals surface area contributed by atoms with Crippen molar-refractivity contribution < 1.29 is 9.84 Å². The summed E-state index contributed by atoms with van der Waals surface area (Å²) in [5.41, 5.74) is -0.370. The quantitative estimate of drug-likeness (QED) is 0.744. The fourth-order valence-corrected chi connectivity index (χ4v) is 1.34. The molecule has 84 valence electrons. The van der Waals surface area contributed by atoms with Gasteiger partial charge in [-0.2, -0.15) is 0 Å². The van der Waals surface area contributed by atoms with Crippen molar-refractivity contribution in [3.8, 4) is 5.75 Å². The van der Waals surface area contributed by atoms with E-state index >= 15 is 0 Å². The molecule has 1 aromatic carbocycles. The number of ether oxygens (including phenoxy) is 1. The molecule has 0 aliphatic carbocycles. The summed E-state index contributed by atoms with van der Waals surface area (Å²) < 4.78 is 5.59. The second-order valence-corrected chi connectivity index (χ2v) is 3.85. The number of rotatable bonds is 6. The molecule has 0 radical (unpaired) electrons. The molecular weight excluding hydrogens is 190 g/mol. The summed E-state index contributed by atoms with van der Waals surface area (Å²) in [7, 11) is 0. The van der Waals surface area contributed by atoms with Crippen LogP contribution in [0.4, 0.5) is 0 Å². The molecule has 0 fully saturated rings. The van der Waals surface area contributed by atoms with E-state index in [-0.39, 0.29) is 12.1 Å². The lowest BCUT2D eigenvalue weighted by Gasteiger charge is -2.28. The van der Waals surface area contributed by atoms with Crippen LogP contribution >= 0.6 is 0 Å². The van der Waals surface area contributed by atoms with Crippen LogP contribution in [-0.4, -0.2) is 30.4 Å². The van der Waals surface area contributed by atoms with Gasteiger partial charge in [-0.25, -0.2) is 0 Å². The average Bonchev–Trinajstić information content (AvgIpc) is 2.28. The van der Waals surface area contributed by atoms with Crippen LogP contribution in [-0.2, 0) is 0 Å². The van der Waals surface area contributed by atoms with Gasteiger partial charge in [0, 0.05) is 0 Å². The Balaban J connectivity index is 2.47. The number of aliphatic hydroxyl groups excluding tert-OH is 1. The summed E-state index contributed by atoms with van der Waals surface area (Å²) in [4.78, 5) is 0. The SMILES string of the molecule is CCNC(C)(CO)COc1ccccc1. The van der Waals surface area contributed by atoms with Crippen molar-refractivity contribution in [3.63, 3.8) is 0 Å². The summed E-state index contributed by atoms with van der Waals surface area (Å²) in [5, 5.41) is 12.5. The van der Waals surface area contributed by atoms with Crippen LogP contribution in [0, 0.1) is 0 Å². The van der Waals surface area contributed by atoms with Gasteiger partial charge in [-0.15, -0.1) is 0 Å². The molecule has 0 spiro atoms. The maximum atomic E-state index is 9.25. The van der Waals surface area contributed by atoms with Crippen molar-refractivity contribution in [2.75, 3.05) is 19.8 Å². The molecule has 1 atom stereocenters. The normalized spacial score (nSPS) is 14.6. The average molecular weight is 209 g/mol. The molecule has 0 aliphatic heterocycles. The Morgan fingerprint density at radius 2 is 2.00 bits per heavy atom. The van der Waals surface area contributed by atoms with Crippen LogP contribution in [0.3, 0.4) is 0 Å². The van der Waals surface area contributed by atoms with E-state index in [0.29, 0.717) is 6.61 Å². The van der Waals surface area contributed by atoms with Crippen molar-refractivity contribution >= 4 is 0 Å². The number of nitrogens with one attached hydrogen (secondary N) is 1. The fourth-order valence-electron chi connectivity index (χ4n) is 1.34. The molecule has 15 heavy (non-hydrogen) atoms. The van der Waals surface area contributed by atoms with Crippen LogP contribution < -0.4 is 10.1 Å². The lowest BCUT2D eigenvalue weighted by Crippen LogP contribution is -2.50. The van der Waals surface area contributed by atoms with E-state index in [1.807, 2.05) is 44.2 Å². The summed E-state index contributed by atoms with van der Waals surface area (Å²) >= 11 is 0. The Bertz CT molecular complexity index is 276. The number of aliphatic hydroxyl groups is 1. The maximum absolute atomic E-state index is 9.25. The second-order valence-electron chi connectivity index (χ2n) is 3.85. The van der Waals surface area contributed by atoms with Crippen LogP contribution in [0.25, 0.3) is 0 Å². The van der Waals surface area contributed by atoms with Crippen molar-refractivity contribution in [2.24, 2.45) is 0 Å². The molecule has 1 rings (SSSR count). The van der Waals surface area contributed by atoms with Gasteiger partial charge in [0.25, 0.3) is 0 Å². The number of hydrogen-bond donors (Lipinski definition) is 2. The largest absolute Gasteiger partial charge is 0.492 e. The van der Waals surface area contributed by atoms with Gasteiger partial charge in [-0.05, 0) is 25.6 Å². The van der Waals surface area contributed by atoms with Gasteiger partial charge in [0.15, 0.2) is 0 Å². The highest BCUT2D eigenvalue weighted by molar-refractivity contribution is 5.21. The zero-order valence-electron chi connectivity index (χ0n) is 9.36. The minimum Gasteiger partial charge on any atom is -0.492 e. The van der Waals surface area contributed by atoms with Gasteiger partial charge < -0.3 is 15.2 Å². The monoisotopic (exact) mass is 209 g/mol. The number of para-hydroxylation sites is 1. The zero-order valence-corrected chi connectivity index (χ0v) is 9.36. The first kappa shape index (κ1) is 12.0. The molecule has 3 nitrogen and oxygen atoms in total. The van der Waals surface area contributed by atoms with Crippen LogP contribution in [0.1, 0.15) is 13.8 Å². The number of hydrogen-bond acceptors (Lipinski definition) is 3. The van der Waals surface area contributed by atoms with E-state index in [1.54, 1.807) is 0 Å². The smallest absolute Gasteiger partial charge is 0.119 e. The van der Waals surface area contributed by atoms with Gasteiger partial charge in [-0.3, -0.25) is 0 Å². The predicted octanol–water partition coefficient (Wildman–Crippen LogP) is 1.43. The summed E-state index contributed by atoms with van der Waals surface area (Å²) in [6.45, 7) is 5.29. The first-order valence-electron chi connectivity index (χ1n) is 5.24. The van der Waals surface area contributed by atoms with E-state index in [0.717, 1.165) is 12.3 Å². The van der Waals surface area contributed by atoms with E-state index < -0.39 is 0 Å². The topological polar surface area (TPSA) is 41.5 Å². The minimum absolute atomic E-state index is 0.0632. The van der Waals surface area contributed by atoms with Gasteiger partial charge in [0.05, 0.1) is 12.1 Å². The van der Waals surface area contributed by atoms with Crippen molar-refractivity contribution in [1.29, 1.82) is 0 Å². The Morgan fingerprint density at radius 3 is 2.53 bits per heavy atom. The summed E-state index contributed by atoms with van der Waals surface area (Å²) in [5.74, 6) is 0.829. The third kappa shape index (κ3) is 3.90. The molecule has 2 N–H and O–H groups in total. The van der Waals surface area contributed by atoms with Gasteiger partial charge in [0.1, 0.15) is 12.4 Å². The van der Waals surface area contributed by atoms with E-state index in [1.165, 1.54) is 0 Å². The number of benzene rings is 1. The molecule has 0 aromatic heterocycles. The van der Waals surface area contributed by atoms with Crippen LogP contribution in [0.5, 0.6) is 5.75 Å². The molecule has 1 unspecified atom stereocenters. The highest BCUT2D eigenvalue weighted by Crippen LogP contribution is 2.11. The van der Waals surface area contributed by atoms with Crippen molar-refractivity contribution in [2.45, 2.75) is 19.4 Å². The van der Waals surface area contributed by atoms with E-state index in [4.69, 9.17) is 4.74 Å². The Hall–Kier alpha value is -1.06. The Labute approximate surface area is 91.1 Å². The molecule has 0 heterocycles. The summed E-state index contributed by atoms with van der Waals surface area (Å²) in [6, 6.07) is 9.62. The van der Waals surface area contributed by atoms with Crippen molar-refractivity contribution in [1.82, 2.24) is 5.32 Å². The molecule has 0 aliphatic rings. The molecule has 1 aromatic rings. The molecule has 0 saturated heterocycles. The Kier molecular flexibility index (Phi) is 4.59. The Morgan fingerprint density at radius 1 is 1.33 bits per heavy atom.